The third-order valence-electron chi connectivity index (χ3n) is 5.39. The van der Waals surface area contributed by atoms with Crippen LogP contribution in [0, 0.1) is 11.3 Å². The molecule has 36 heavy (non-hydrogen) atoms. The maximum atomic E-state index is 12.7. The zero-order valence-electron chi connectivity index (χ0n) is 23.2. The second-order valence-corrected chi connectivity index (χ2v) is 10.8. The van der Waals surface area contributed by atoms with Gasteiger partial charge < -0.3 is 20.6 Å². The number of carbonyl (C=O) groups is 2. The number of hydrogen-bond donors (Lipinski definition) is 2. The predicted molar refractivity (Wildman–Crippen MR) is 154 cm³/mol. The van der Waals surface area contributed by atoms with E-state index in [9.17, 15) is 9.59 Å². The van der Waals surface area contributed by atoms with Gasteiger partial charge in [-0.3, -0.25) is 9.59 Å². The van der Waals surface area contributed by atoms with Gasteiger partial charge in [0.15, 0.2) is 0 Å². The van der Waals surface area contributed by atoms with Crippen molar-refractivity contribution in [2.75, 3.05) is 24.7 Å². The summed E-state index contributed by atoms with van der Waals surface area (Å²) in [5, 5.41) is 7.20. The predicted octanol–water partition coefficient (Wildman–Crippen LogP) is 6.56. The molecule has 204 valence electrons. The van der Waals surface area contributed by atoms with E-state index < -0.39 is 17.9 Å². The Morgan fingerprint density at radius 3 is 1.89 bits per heavy atom. The molecule has 2 unspecified atom stereocenters. The van der Waals surface area contributed by atoms with E-state index in [4.69, 9.17) is 20.6 Å². The number of carbonyl (C=O) groups excluding carboxylic acids is 2. The topological polar surface area (TPSA) is 102 Å². The van der Waals surface area contributed by atoms with Crippen molar-refractivity contribution in [1.82, 2.24) is 0 Å². The van der Waals surface area contributed by atoms with Gasteiger partial charge in [0.05, 0.1) is 12.3 Å². The maximum Gasteiger partial charge on any atom is 0.310 e. The summed E-state index contributed by atoms with van der Waals surface area (Å²) in [5.41, 5.74) is 10.7. The van der Waals surface area contributed by atoms with Crippen LogP contribution in [0.25, 0.3) is 0 Å². The summed E-state index contributed by atoms with van der Waals surface area (Å²) in [6, 6.07) is -0.293. The molecule has 3 N–H and O–H groups in total. The Kier molecular flexibility index (Phi) is 19.8. The molecule has 0 heterocycles. The van der Waals surface area contributed by atoms with Gasteiger partial charge >= 0.3 is 11.9 Å². The van der Waals surface area contributed by atoms with E-state index in [1.165, 1.54) is 34.7 Å². The number of allylic oxidation sites excluding steroid dienone is 6. The molecule has 2 atom stereocenters. The molecule has 0 fully saturated rings. The highest BCUT2D eigenvalue weighted by Gasteiger charge is 2.24. The molecule has 0 amide bonds. The number of esters is 2. The minimum absolute atomic E-state index is 0.0175. The minimum Gasteiger partial charge on any atom is -0.461 e. The molecule has 0 aromatic rings. The lowest BCUT2D eigenvalue weighted by atomic mass is 10.1. The van der Waals surface area contributed by atoms with Crippen molar-refractivity contribution in [3.8, 4) is 0 Å². The van der Waals surface area contributed by atoms with Crippen LogP contribution < -0.4 is 5.73 Å². The standard InChI is InChI=1S/C29H48N2O4S/c1-22(2)9-7-11-24(5)13-16-34-28(32)19-26(21-36-18-15-27(31)20-30)29(33)35-17-14-25(6)12-8-10-23(3)4/h9-10,13-14,20,26-27,30H,7-8,11-12,15-19,21,31H2,1-6H3/b24-13+,25-14+,30-20?. The number of nitrogens with two attached hydrogens (primary N) is 1. The van der Waals surface area contributed by atoms with Crippen LogP contribution in [-0.4, -0.2) is 48.9 Å². The third-order valence-corrected chi connectivity index (χ3v) is 6.55. The smallest absolute Gasteiger partial charge is 0.310 e. The van der Waals surface area contributed by atoms with Gasteiger partial charge in [-0.2, -0.15) is 11.8 Å². The molecular formula is C29H48N2O4S. The first-order chi connectivity index (χ1) is 17.0. The van der Waals surface area contributed by atoms with E-state index in [0.717, 1.165) is 31.3 Å². The maximum absolute atomic E-state index is 12.7. The van der Waals surface area contributed by atoms with E-state index in [1.807, 2.05) is 26.0 Å². The van der Waals surface area contributed by atoms with Crippen molar-refractivity contribution < 1.29 is 19.1 Å². The number of ether oxygens (including phenoxy) is 2. The molecule has 0 saturated heterocycles. The highest BCUT2D eigenvalue weighted by molar-refractivity contribution is 7.99. The Hall–Kier alpha value is -2.12. The third kappa shape index (κ3) is 20.1. The van der Waals surface area contributed by atoms with E-state index in [2.05, 4.69) is 39.8 Å². The Balaban J connectivity index is 4.80. The molecule has 0 rings (SSSR count). The number of rotatable bonds is 19. The van der Waals surface area contributed by atoms with Crippen LogP contribution in [0.4, 0.5) is 0 Å². The van der Waals surface area contributed by atoms with Crippen LogP contribution in [0.1, 0.15) is 80.1 Å². The van der Waals surface area contributed by atoms with Crippen LogP contribution in [0.3, 0.4) is 0 Å². The average Bonchev–Trinajstić information content (AvgIpc) is 2.80. The van der Waals surface area contributed by atoms with Crippen molar-refractivity contribution >= 4 is 29.9 Å². The summed E-state index contributed by atoms with van der Waals surface area (Å²) >= 11 is 1.54. The van der Waals surface area contributed by atoms with Crippen molar-refractivity contribution in [1.29, 1.82) is 5.41 Å². The SMILES string of the molecule is CC(C)=CCC/C(C)=C/COC(=O)CC(CSCCC(N)C=N)C(=O)OC/C=C(\C)CCC=C(C)C. The lowest BCUT2D eigenvalue weighted by Crippen LogP contribution is -2.25. The van der Waals surface area contributed by atoms with E-state index >= 15 is 0 Å². The van der Waals surface area contributed by atoms with Crippen molar-refractivity contribution in [3.63, 3.8) is 0 Å². The highest BCUT2D eigenvalue weighted by atomic mass is 32.2. The Morgan fingerprint density at radius 1 is 0.861 bits per heavy atom. The van der Waals surface area contributed by atoms with Gasteiger partial charge in [0.2, 0.25) is 0 Å². The van der Waals surface area contributed by atoms with Crippen molar-refractivity contribution in [3.05, 3.63) is 46.6 Å². The minimum atomic E-state index is -0.583. The molecule has 0 radical (unpaired) electrons. The van der Waals surface area contributed by atoms with Crippen LogP contribution in [-0.2, 0) is 19.1 Å². The van der Waals surface area contributed by atoms with Gasteiger partial charge in [-0.05, 0) is 91.6 Å². The molecule has 0 aliphatic rings. The van der Waals surface area contributed by atoms with Crippen molar-refractivity contribution in [2.45, 2.75) is 86.1 Å². The van der Waals surface area contributed by atoms with Crippen LogP contribution in [0.2, 0.25) is 0 Å². The van der Waals surface area contributed by atoms with E-state index in [-0.39, 0.29) is 25.7 Å². The first-order valence-corrected chi connectivity index (χ1v) is 13.9. The molecule has 0 aliphatic heterocycles. The zero-order valence-corrected chi connectivity index (χ0v) is 24.0. The molecular weight excluding hydrogens is 472 g/mol. The van der Waals surface area contributed by atoms with Crippen LogP contribution >= 0.6 is 11.8 Å². The van der Waals surface area contributed by atoms with Crippen LogP contribution in [0.5, 0.6) is 0 Å². The molecule has 0 spiro atoms. The summed E-state index contributed by atoms with van der Waals surface area (Å²) in [6.07, 6.45) is 13.8. The first kappa shape index (κ1) is 33.9. The highest BCUT2D eigenvalue weighted by Crippen LogP contribution is 2.17. The van der Waals surface area contributed by atoms with Gasteiger partial charge in [0.1, 0.15) is 13.2 Å². The Labute approximate surface area is 223 Å². The number of nitrogens with one attached hydrogen (secondary N) is 1. The summed E-state index contributed by atoms with van der Waals surface area (Å²) in [6.45, 7) is 12.8. The molecule has 0 aliphatic carbocycles. The van der Waals surface area contributed by atoms with Gasteiger partial charge in [-0.25, -0.2) is 0 Å². The molecule has 7 heteroatoms. The normalized spacial score (nSPS) is 13.4. The summed E-state index contributed by atoms with van der Waals surface area (Å²) in [5.74, 6) is -0.236. The average molecular weight is 521 g/mol. The van der Waals surface area contributed by atoms with E-state index in [1.54, 1.807) is 0 Å². The fourth-order valence-electron chi connectivity index (χ4n) is 3.04. The number of thioether (sulfide) groups is 1. The quantitative estimate of drug-likeness (QED) is 0.0865. The second kappa shape index (κ2) is 21.0. The fourth-order valence-corrected chi connectivity index (χ4v) is 4.18. The molecule has 0 aromatic carbocycles. The van der Waals surface area contributed by atoms with E-state index in [0.29, 0.717) is 17.9 Å². The van der Waals surface area contributed by atoms with Gasteiger partial charge in [0.25, 0.3) is 0 Å². The largest absolute Gasteiger partial charge is 0.461 e. The Morgan fingerprint density at radius 2 is 1.39 bits per heavy atom. The molecule has 0 bridgehead atoms. The van der Waals surface area contributed by atoms with Gasteiger partial charge in [-0.1, -0.05) is 34.4 Å². The lowest BCUT2D eigenvalue weighted by Gasteiger charge is -2.15. The summed E-state index contributed by atoms with van der Waals surface area (Å²) < 4.78 is 10.9. The fraction of sp³-hybridized carbons (Fsp3) is 0.621. The van der Waals surface area contributed by atoms with Gasteiger partial charge in [-0.15, -0.1) is 0 Å². The van der Waals surface area contributed by atoms with Crippen LogP contribution in [0.15, 0.2) is 46.6 Å². The first-order valence-electron chi connectivity index (χ1n) is 12.8. The summed E-state index contributed by atoms with van der Waals surface area (Å²) in [4.78, 5) is 25.2. The zero-order chi connectivity index (χ0) is 27.3. The van der Waals surface area contributed by atoms with Crippen molar-refractivity contribution in [2.24, 2.45) is 11.7 Å². The van der Waals surface area contributed by atoms with Gasteiger partial charge in [0, 0.05) is 18.0 Å². The molecule has 0 aromatic heterocycles. The monoisotopic (exact) mass is 520 g/mol. The summed E-state index contributed by atoms with van der Waals surface area (Å²) in [7, 11) is 0. The Bertz CT molecular complexity index is 791. The lowest BCUT2D eigenvalue weighted by molar-refractivity contribution is -0.153. The molecule has 0 saturated carbocycles. The molecule has 6 nitrogen and oxygen atoms in total. The number of hydrogen-bond acceptors (Lipinski definition) is 7. The second-order valence-electron chi connectivity index (χ2n) is 9.65.